The highest BCUT2D eigenvalue weighted by molar-refractivity contribution is 6.02. The lowest BCUT2D eigenvalue weighted by atomic mass is 10.0. The Balaban J connectivity index is 1.57. The van der Waals surface area contributed by atoms with Gasteiger partial charge in [0.1, 0.15) is 5.75 Å². The third kappa shape index (κ3) is 10.3. The van der Waals surface area contributed by atoms with E-state index in [2.05, 4.69) is 29.5 Å². The van der Waals surface area contributed by atoms with Crippen LogP contribution in [0.4, 0.5) is 29.3 Å². The van der Waals surface area contributed by atoms with Gasteiger partial charge in [0.25, 0.3) is 5.91 Å². The second-order valence-corrected chi connectivity index (χ2v) is 12.8. The van der Waals surface area contributed by atoms with Crippen LogP contribution in [0.15, 0.2) is 42.5 Å². The molecule has 2 aromatic carbocycles. The van der Waals surface area contributed by atoms with Crippen LogP contribution >= 0.6 is 0 Å². The van der Waals surface area contributed by atoms with Crippen LogP contribution in [0.5, 0.6) is 5.75 Å². The van der Waals surface area contributed by atoms with Gasteiger partial charge in [0.05, 0.1) is 36.0 Å². The number of urea groups is 1. The van der Waals surface area contributed by atoms with Gasteiger partial charge >= 0.3 is 12.2 Å². The molecule has 1 fully saturated rings. The van der Waals surface area contributed by atoms with Gasteiger partial charge in [-0.3, -0.25) is 4.79 Å². The number of fused-ring (bicyclic) bond motifs is 1. The summed E-state index contributed by atoms with van der Waals surface area (Å²) < 4.78 is 51.4. The maximum Gasteiger partial charge on any atom is 0.416 e. The average Bonchev–Trinajstić information content (AvgIpc) is 3.82. The van der Waals surface area contributed by atoms with Crippen molar-refractivity contribution in [3.8, 4) is 5.75 Å². The second kappa shape index (κ2) is 16.0. The maximum atomic E-state index is 14.2. The molecule has 2 aliphatic rings. The van der Waals surface area contributed by atoms with Crippen molar-refractivity contribution < 1.29 is 37.3 Å². The smallest absolute Gasteiger partial charge is 0.416 e. The van der Waals surface area contributed by atoms with E-state index in [1.807, 2.05) is 6.92 Å². The van der Waals surface area contributed by atoms with Crippen LogP contribution in [0.1, 0.15) is 68.8 Å². The molecule has 1 saturated carbocycles. The molecule has 0 bridgehead atoms. The molecule has 1 aliphatic carbocycles. The monoisotopic (exact) mass is 648 g/mol. The Hall–Kier alpha value is -3.35. The number of carbonyl (C=O) groups is 2. The minimum Gasteiger partial charge on any atom is -0.490 e. The number of carbonyl (C=O) groups excluding carboxylic acids is 2. The highest BCUT2D eigenvalue weighted by Crippen LogP contribution is 2.32. The molecule has 0 aromatic heterocycles. The number of benzene rings is 2. The summed E-state index contributed by atoms with van der Waals surface area (Å²) in [6, 6.07) is 7.69. The number of amides is 3. The van der Waals surface area contributed by atoms with Gasteiger partial charge in [0.15, 0.2) is 0 Å². The van der Waals surface area contributed by atoms with Crippen LogP contribution in [0, 0.1) is 11.8 Å². The van der Waals surface area contributed by atoms with Crippen molar-refractivity contribution in [2.75, 3.05) is 50.5 Å². The van der Waals surface area contributed by atoms with Crippen LogP contribution in [-0.2, 0) is 10.9 Å². The van der Waals surface area contributed by atoms with E-state index in [0.29, 0.717) is 24.6 Å². The largest absolute Gasteiger partial charge is 0.490 e. The minimum absolute atomic E-state index is 0.0401. The summed E-state index contributed by atoms with van der Waals surface area (Å²) in [7, 11) is 2.11. The lowest BCUT2D eigenvalue weighted by Gasteiger charge is -2.36. The first-order valence-electron chi connectivity index (χ1n) is 16.1. The number of ether oxygens (including phenoxy) is 2. The number of anilines is 2. The average molecular weight is 649 g/mol. The van der Waals surface area contributed by atoms with E-state index in [9.17, 15) is 27.9 Å². The highest BCUT2D eigenvalue weighted by Gasteiger charge is 2.32. The summed E-state index contributed by atoms with van der Waals surface area (Å²) >= 11 is 0. The number of rotatable bonds is 8. The number of alkyl halides is 3. The number of nitrogens with one attached hydrogen (secondary N) is 2. The number of aliphatic hydroxyl groups is 1. The molecule has 254 valence electrons. The number of likely N-dealkylation sites (N-methyl/N-ethyl adjacent to an activating group) is 1. The van der Waals surface area contributed by atoms with Crippen molar-refractivity contribution in [1.82, 2.24) is 9.80 Å². The Morgan fingerprint density at radius 1 is 1.04 bits per heavy atom. The third-order valence-corrected chi connectivity index (χ3v) is 8.54. The predicted molar refractivity (Wildman–Crippen MR) is 171 cm³/mol. The van der Waals surface area contributed by atoms with Gasteiger partial charge < -0.3 is 35.0 Å². The van der Waals surface area contributed by atoms with Gasteiger partial charge in [-0.05, 0) is 101 Å². The molecule has 12 heteroatoms. The first-order valence-corrected chi connectivity index (χ1v) is 16.1. The molecule has 0 unspecified atom stereocenters. The normalized spacial score (nSPS) is 22.4. The number of nitrogens with zero attached hydrogens (tertiary/aromatic N) is 2. The first-order chi connectivity index (χ1) is 21.8. The second-order valence-electron chi connectivity index (χ2n) is 12.8. The van der Waals surface area contributed by atoms with E-state index >= 15 is 0 Å². The molecule has 1 aliphatic heterocycles. The lowest BCUT2D eigenvalue weighted by Crippen LogP contribution is -2.47. The van der Waals surface area contributed by atoms with Crippen LogP contribution in [-0.4, -0.2) is 85.0 Å². The standard InChI is InChI=1S/C34H47F3N4O5/c1-22-18-41(23(2)21-42)32(43)29-17-28(39-33(44)38-27-12-10-26(11-13-27)34(35,36)37)14-15-30(29)46-24(3)7-5-6-16-45-31(22)20-40(4)19-25-8-9-25/h10-15,17,22-25,31,42H,5-9,16,18-21H2,1-4H3,(H2,38,39,44)/t22-,23+,24+,31-/m0/s1. The molecule has 0 radical (unpaired) electrons. The summed E-state index contributed by atoms with van der Waals surface area (Å²) in [6.45, 7) is 8.26. The first kappa shape index (κ1) is 35.5. The molecule has 46 heavy (non-hydrogen) atoms. The Kier molecular flexibility index (Phi) is 12.3. The van der Waals surface area contributed by atoms with E-state index in [4.69, 9.17) is 9.47 Å². The van der Waals surface area contributed by atoms with E-state index < -0.39 is 23.8 Å². The van der Waals surface area contributed by atoms with Gasteiger partial charge in [-0.1, -0.05) is 6.92 Å². The third-order valence-electron chi connectivity index (χ3n) is 8.54. The molecular weight excluding hydrogens is 601 g/mol. The lowest BCUT2D eigenvalue weighted by molar-refractivity contribution is -0.137. The topological polar surface area (TPSA) is 103 Å². The summed E-state index contributed by atoms with van der Waals surface area (Å²) in [6.07, 6.45) is 0.252. The number of halogens is 3. The van der Waals surface area contributed by atoms with E-state index in [-0.39, 0.29) is 41.9 Å². The Labute approximate surface area is 269 Å². The molecule has 2 aromatic rings. The van der Waals surface area contributed by atoms with Crippen molar-refractivity contribution in [3.63, 3.8) is 0 Å². The molecule has 9 nitrogen and oxygen atoms in total. The zero-order valence-corrected chi connectivity index (χ0v) is 27.1. The Morgan fingerprint density at radius 3 is 2.37 bits per heavy atom. The fourth-order valence-electron chi connectivity index (χ4n) is 5.62. The van der Waals surface area contributed by atoms with Gasteiger partial charge in [-0.2, -0.15) is 13.2 Å². The van der Waals surface area contributed by atoms with Gasteiger partial charge in [0.2, 0.25) is 0 Å². The van der Waals surface area contributed by atoms with Crippen molar-refractivity contribution in [3.05, 3.63) is 53.6 Å². The van der Waals surface area contributed by atoms with E-state index in [1.165, 1.54) is 31.0 Å². The molecule has 0 spiro atoms. The summed E-state index contributed by atoms with van der Waals surface area (Å²) in [5, 5.41) is 15.3. The van der Waals surface area contributed by atoms with Gasteiger partial charge in [0, 0.05) is 43.5 Å². The minimum atomic E-state index is -4.48. The van der Waals surface area contributed by atoms with E-state index in [0.717, 1.165) is 50.4 Å². The van der Waals surface area contributed by atoms with Crippen LogP contribution < -0.4 is 15.4 Å². The molecular formula is C34H47F3N4O5. The molecule has 0 saturated heterocycles. The van der Waals surface area contributed by atoms with Crippen molar-refractivity contribution in [2.24, 2.45) is 11.8 Å². The predicted octanol–water partition coefficient (Wildman–Crippen LogP) is 6.49. The summed E-state index contributed by atoms with van der Waals surface area (Å²) in [5.41, 5.74) is -0.126. The molecule has 3 amide bonds. The number of aliphatic hydroxyl groups excluding tert-OH is 1. The van der Waals surface area contributed by atoms with E-state index in [1.54, 1.807) is 24.0 Å². The number of hydrogen-bond donors (Lipinski definition) is 3. The molecule has 3 N–H and O–H groups in total. The van der Waals surface area contributed by atoms with Crippen LogP contribution in [0.3, 0.4) is 0 Å². The highest BCUT2D eigenvalue weighted by atomic mass is 19.4. The Bertz CT molecular complexity index is 1300. The summed E-state index contributed by atoms with van der Waals surface area (Å²) in [5.74, 6) is 0.707. The molecule has 1 heterocycles. The summed E-state index contributed by atoms with van der Waals surface area (Å²) in [4.78, 5) is 31.0. The molecule has 4 atom stereocenters. The van der Waals surface area contributed by atoms with Crippen LogP contribution in [0.25, 0.3) is 0 Å². The quantitative estimate of drug-likeness (QED) is 0.303. The fourth-order valence-corrected chi connectivity index (χ4v) is 5.62. The zero-order valence-electron chi connectivity index (χ0n) is 27.1. The van der Waals surface area contributed by atoms with Crippen LogP contribution in [0.2, 0.25) is 0 Å². The van der Waals surface area contributed by atoms with Crippen molar-refractivity contribution in [1.29, 1.82) is 0 Å². The number of hydrogen-bond acceptors (Lipinski definition) is 6. The van der Waals surface area contributed by atoms with Gasteiger partial charge in [-0.25, -0.2) is 4.79 Å². The SMILES string of the molecule is C[C@@H]1CCCCO[C@@H](CN(C)CC2CC2)[C@@H](C)CN([C@H](C)CO)C(=O)c2cc(NC(=O)Nc3ccc(C(F)(F)F)cc3)ccc2O1. The maximum absolute atomic E-state index is 14.2. The molecule has 4 rings (SSSR count). The zero-order chi connectivity index (χ0) is 33.4. The Morgan fingerprint density at radius 2 is 1.72 bits per heavy atom. The van der Waals surface area contributed by atoms with Gasteiger partial charge in [-0.15, -0.1) is 0 Å². The fraction of sp³-hybridized carbons (Fsp3) is 0.588. The van der Waals surface area contributed by atoms with Crippen molar-refractivity contribution in [2.45, 2.75) is 77.3 Å². The van der Waals surface area contributed by atoms with Crippen molar-refractivity contribution >= 4 is 23.3 Å².